The van der Waals surface area contributed by atoms with Crippen molar-refractivity contribution in [2.45, 2.75) is 58.0 Å². The highest BCUT2D eigenvalue weighted by atomic mass is 15.1. The average Bonchev–Trinajstić information content (AvgIpc) is 2.68. The summed E-state index contributed by atoms with van der Waals surface area (Å²) in [6.45, 7) is 4.06. The second-order valence-electron chi connectivity index (χ2n) is 5.64. The molecule has 0 aromatic carbocycles. The topological polar surface area (TPSA) is 28.2 Å². The van der Waals surface area contributed by atoms with Gasteiger partial charge in [-0.05, 0) is 44.5 Å². The van der Waals surface area contributed by atoms with Crippen molar-refractivity contribution >= 4 is 5.82 Å². The van der Waals surface area contributed by atoms with Crippen LogP contribution in [0.3, 0.4) is 0 Å². The molecule has 1 aromatic heterocycles. The molecule has 0 saturated heterocycles. The summed E-state index contributed by atoms with van der Waals surface area (Å²) in [5, 5.41) is 3.28. The van der Waals surface area contributed by atoms with Crippen LogP contribution in [-0.4, -0.2) is 29.5 Å². The lowest BCUT2D eigenvalue weighted by atomic mass is 10.1. The minimum absolute atomic E-state index is 0.762. The molecule has 1 aliphatic carbocycles. The first-order valence-electron chi connectivity index (χ1n) is 7.68. The van der Waals surface area contributed by atoms with E-state index < -0.39 is 0 Å². The molecule has 0 amide bonds. The van der Waals surface area contributed by atoms with Crippen molar-refractivity contribution in [1.82, 2.24) is 9.88 Å². The van der Waals surface area contributed by atoms with Crippen LogP contribution in [0.4, 0.5) is 5.82 Å². The van der Waals surface area contributed by atoms with Gasteiger partial charge in [0.15, 0.2) is 0 Å². The van der Waals surface area contributed by atoms with Crippen LogP contribution in [0, 0.1) is 0 Å². The Labute approximate surface area is 117 Å². The lowest BCUT2D eigenvalue weighted by molar-refractivity contribution is 0.213. The van der Waals surface area contributed by atoms with Gasteiger partial charge in [-0.2, -0.15) is 0 Å². The number of nitrogens with one attached hydrogen (secondary N) is 1. The number of aromatic nitrogens is 1. The molecule has 1 aromatic rings. The number of pyridine rings is 1. The van der Waals surface area contributed by atoms with E-state index in [1.165, 1.54) is 44.1 Å². The zero-order valence-corrected chi connectivity index (χ0v) is 12.4. The summed E-state index contributed by atoms with van der Waals surface area (Å²) in [4.78, 5) is 6.86. The van der Waals surface area contributed by atoms with Gasteiger partial charge in [0.2, 0.25) is 0 Å². The minimum atomic E-state index is 0.762. The molecule has 0 unspecified atom stereocenters. The van der Waals surface area contributed by atoms with E-state index in [0.29, 0.717) is 0 Å². The highest BCUT2D eigenvalue weighted by molar-refractivity contribution is 5.37. The summed E-state index contributed by atoms with van der Waals surface area (Å²) in [5.41, 5.74) is 1.36. The van der Waals surface area contributed by atoms with Crippen molar-refractivity contribution in [3.63, 3.8) is 0 Å². The Kier molecular flexibility index (Phi) is 5.64. The molecular formula is C16H27N3. The van der Waals surface area contributed by atoms with Crippen LogP contribution in [0.1, 0.15) is 51.0 Å². The molecule has 1 fully saturated rings. The second kappa shape index (κ2) is 7.49. The maximum atomic E-state index is 4.33. The molecule has 2 rings (SSSR count). The first kappa shape index (κ1) is 14.3. The van der Waals surface area contributed by atoms with Crippen molar-refractivity contribution in [1.29, 1.82) is 0 Å². The van der Waals surface area contributed by atoms with Gasteiger partial charge >= 0.3 is 0 Å². The molecule has 1 N–H and O–H groups in total. The number of hydrogen-bond donors (Lipinski definition) is 1. The van der Waals surface area contributed by atoms with Crippen molar-refractivity contribution in [2.75, 3.05) is 18.9 Å². The number of hydrogen-bond acceptors (Lipinski definition) is 3. The van der Waals surface area contributed by atoms with E-state index in [-0.39, 0.29) is 0 Å². The Balaban J connectivity index is 1.93. The molecule has 1 heterocycles. The molecule has 19 heavy (non-hydrogen) atoms. The lowest BCUT2D eigenvalue weighted by Crippen LogP contribution is -2.30. The highest BCUT2D eigenvalue weighted by Crippen LogP contribution is 2.22. The Bertz CT molecular complexity index is 370. The van der Waals surface area contributed by atoms with Gasteiger partial charge in [0.1, 0.15) is 5.82 Å². The maximum Gasteiger partial charge on any atom is 0.126 e. The van der Waals surface area contributed by atoms with Gasteiger partial charge in [-0.3, -0.25) is 4.90 Å². The fourth-order valence-corrected chi connectivity index (χ4v) is 2.97. The third-order valence-electron chi connectivity index (χ3n) is 4.06. The molecule has 0 bridgehead atoms. The molecule has 3 heteroatoms. The Morgan fingerprint density at radius 3 is 2.68 bits per heavy atom. The molecular weight excluding hydrogens is 234 g/mol. The molecule has 1 saturated carbocycles. The van der Waals surface area contributed by atoms with Crippen LogP contribution < -0.4 is 5.32 Å². The quantitative estimate of drug-likeness (QED) is 0.820. The molecule has 3 nitrogen and oxygen atoms in total. The Morgan fingerprint density at radius 2 is 2.00 bits per heavy atom. The summed E-state index contributed by atoms with van der Waals surface area (Å²) in [6, 6.07) is 5.07. The summed E-state index contributed by atoms with van der Waals surface area (Å²) >= 11 is 0. The van der Waals surface area contributed by atoms with Gasteiger partial charge in [-0.1, -0.05) is 25.7 Å². The van der Waals surface area contributed by atoms with Crippen LogP contribution >= 0.6 is 0 Å². The molecule has 0 spiro atoms. The predicted octanol–water partition coefficient (Wildman–Crippen LogP) is 3.67. The number of rotatable bonds is 5. The van der Waals surface area contributed by atoms with Crippen LogP contribution in [0.25, 0.3) is 0 Å². The SMILES string of the molecule is CCNc1cc(CN(C)C2CCCCCC2)ccn1. The summed E-state index contributed by atoms with van der Waals surface area (Å²) in [7, 11) is 2.27. The first-order valence-corrected chi connectivity index (χ1v) is 7.68. The van der Waals surface area contributed by atoms with Crippen molar-refractivity contribution in [2.24, 2.45) is 0 Å². The zero-order valence-electron chi connectivity index (χ0n) is 12.4. The molecule has 0 radical (unpaired) electrons. The first-order chi connectivity index (χ1) is 9.29. The minimum Gasteiger partial charge on any atom is -0.370 e. The van der Waals surface area contributed by atoms with Gasteiger partial charge in [0.05, 0.1) is 0 Å². The van der Waals surface area contributed by atoms with Gasteiger partial charge in [0, 0.05) is 25.3 Å². The van der Waals surface area contributed by atoms with Crippen LogP contribution in [-0.2, 0) is 6.54 Å². The zero-order chi connectivity index (χ0) is 13.5. The average molecular weight is 261 g/mol. The standard InChI is InChI=1S/C16H27N3/c1-3-17-16-12-14(10-11-18-16)13-19(2)15-8-6-4-5-7-9-15/h10-12,15H,3-9,13H2,1-2H3,(H,17,18). The normalized spacial score (nSPS) is 17.4. The summed E-state index contributed by atoms with van der Waals surface area (Å²) in [5.74, 6) is 0.995. The van der Waals surface area contributed by atoms with E-state index in [0.717, 1.165) is 24.9 Å². The molecule has 1 aliphatic rings. The van der Waals surface area contributed by atoms with Crippen molar-refractivity contribution in [3.8, 4) is 0 Å². The predicted molar refractivity (Wildman–Crippen MR) is 81.4 cm³/mol. The molecule has 106 valence electrons. The second-order valence-corrected chi connectivity index (χ2v) is 5.64. The van der Waals surface area contributed by atoms with E-state index in [9.17, 15) is 0 Å². The van der Waals surface area contributed by atoms with Gasteiger partial charge in [-0.15, -0.1) is 0 Å². The summed E-state index contributed by atoms with van der Waals surface area (Å²) < 4.78 is 0. The molecule has 0 atom stereocenters. The van der Waals surface area contributed by atoms with Gasteiger partial charge in [-0.25, -0.2) is 4.98 Å². The van der Waals surface area contributed by atoms with Crippen molar-refractivity contribution in [3.05, 3.63) is 23.9 Å². The fraction of sp³-hybridized carbons (Fsp3) is 0.688. The van der Waals surface area contributed by atoms with Gasteiger partial charge in [0.25, 0.3) is 0 Å². The lowest BCUT2D eigenvalue weighted by Gasteiger charge is -2.27. The largest absolute Gasteiger partial charge is 0.370 e. The van der Waals surface area contributed by atoms with Crippen LogP contribution in [0.2, 0.25) is 0 Å². The van der Waals surface area contributed by atoms with Gasteiger partial charge < -0.3 is 5.32 Å². The van der Waals surface area contributed by atoms with E-state index >= 15 is 0 Å². The monoisotopic (exact) mass is 261 g/mol. The molecule has 0 aliphatic heterocycles. The van der Waals surface area contributed by atoms with Crippen LogP contribution in [0.15, 0.2) is 18.3 Å². The smallest absolute Gasteiger partial charge is 0.126 e. The number of anilines is 1. The highest BCUT2D eigenvalue weighted by Gasteiger charge is 2.16. The maximum absolute atomic E-state index is 4.33. The van der Waals surface area contributed by atoms with E-state index in [2.05, 4.69) is 41.3 Å². The van der Waals surface area contributed by atoms with E-state index in [4.69, 9.17) is 0 Å². The Morgan fingerprint density at radius 1 is 1.26 bits per heavy atom. The fourth-order valence-electron chi connectivity index (χ4n) is 2.97. The third kappa shape index (κ3) is 4.50. The van der Waals surface area contributed by atoms with Crippen LogP contribution in [0.5, 0.6) is 0 Å². The van der Waals surface area contributed by atoms with E-state index in [1.807, 2.05) is 6.20 Å². The summed E-state index contributed by atoms with van der Waals surface area (Å²) in [6.07, 6.45) is 10.3. The number of nitrogens with zero attached hydrogens (tertiary/aromatic N) is 2. The third-order valence-corrected chi connectivity index (χ3v) is 4.06. The van der Waals surface area contributed by atoms with E-state index in [1.54, 1.807) is 0 Å². The van der Waals surface area contributed by atoms with Crippen molar-refractivity contribution < 1.29 is 0 Å². The Hall–Kier alpha value is -1.09.